The molecule has 0 aliphatic carbocycles. The number of aromatic nitrogens is 2. The van der Waals surface area contributed by atoms with Crippen LogP contribution in [0, 0.1) is 0 Å². The molecule has 0 saturated carbocycles. The molecule has 5 nitrogen and oxygen atoms in total. The van der Waals surface area contributed by atoms with Crippen LogP contribution in [0.15, 0.2) is 60.7 Å². The average molecular weight is 335 g/mol. The van der Waals surface area contributed by atoms with E-state index in [9.17, 15) is 4.79 Å². The van der Waals surface area contributed by atoms with E-state index in [1.165, 1.54) is 0 Å². The van der Waals surface area contributed by atoms with Gasteiger partial charge in [0.1, 0.15) is 11.6 Å². The Kier molecular flexibility index (Phi) is 4.57. The molecule has 2 aromatic carbocycles. The quantitative estimate of drug-likeness (QED) is 0.700. The number of ether oxygens (including phenoxy) is 1. The Morgan fingerprint density at radius 3 is 2.32 bits per heavy atom. The van der Waals surface area contributed by atoms with Gasteiger partial charge in [-0.2, -0.15) is 5.10 Å². The maximum Gasteiger partial charge on any atom is 0.298 e. The minimum Gasteiger partial charge on any atom is -0.429 e. The van der Waals surface area contributed by atoms with Crippen molar-refractivity contribution in [1.29, 1.82) is 0 Å². The van der Waals surface area contributed by atoms with Crippen LogP contribution < -0.4 is 10.1 Å². The Morgan fingerprint density at radius 1 is 1.04 bits per heavy atom. The summed E-state index contributed by atoms with van der Waals surface area (Å²) in [4.78, 5) is 10.4. The van der Waals surface area contributed by atoms with E-state index >= 15 is 0 Å². The first-order valence-corrected chi connectivity index (χ1v) is 8.11. The molecule has 1 aromatic heterocycles. The molecule has 0 spiro atoms. The fourth-order valence-corrected chi connectivity index (χ4v) is 2.42. The van der Waals surface area contributed by atoms with Crippen LogP contribution in [-0.2, 0) is 10.2 Å². The highest BCUT2D eigenvalue weighted by molar-refractivity contribution is 5.61. The smallest absolute Gasteiger partial charge is 0.298 e. The van der Waals surface area contributed by atoms with Crippen molar-refractivity contribution in [2.24, 2.45) is 0 Å². The topological polar surface area (TPSA) is 56.1 Å². The number of nitrogens with zero attached hydrogens (tertiary/aromatic N) is 2. The lowest BCUT2D eigenvalue weighted by Gasteiger charge is -2.14. The maximum atomic E-state index is 10.4. The zero-order chi connectivity index (χ0) is 17.9. The van der Waals surface area contributed by atoms with Gasteiger partial charge in [0.2, 0.25) is 0 Å². The van der Waals surface area contributed by atoms with Crippen LogP contribution in [0.3, 0.4) is 0 Å². The van der Waals surface area contributed by atoms with Gasteiger partial charge in [-0.25, -0.2) is 4.68 Å². The molecule has 0 fully saturated rings. The van der Waals surface area contributed by atoms with Gasteiger partial charge in [-0.15, -0.1) is 0 Å². The normalized spacial score (nSPS) is 11.2. The van der Waals surface area contributed by atoms with Crippen molar-refractivity contribution >= 4 is 18.0 Å². The molecule has 128 valence electrons. The van der Waals surface area contributed by atoms with E-state index < -0.39 is 0 Å². The number of carbonyl (C=O) groups is 1. The SMILES string of the molecule is CC(C)(C)c1cc(Nc2ccc(OC=O)cc2)n(-c2ccccc2)n1. The second kappa shape index (κ2) is 6.81. The fourth-order valence-electron chi connectivity index (χ4n) is 2.42. The molecule has 0 unspecified atom stereocenters. The number of hydrogen-bond donors (Lipinski definition) is 1. The van der Waals surface area contributed by atoms with E-state index in [1.54, 1.807) is 12.1 Å². The number of rotatable bonds is 5. The fraction of sp³-hybridized carbons (Fsp3) is 0.200. The third kappa shape index (κ3) is 3.88. The molecule has 5 heteroatoms. The van der Waals surface area contributed by atoms with Crippen LogP contribution in [0.1, 0.15) is 26.5 Å². The van der Waals surface area contributed by atoms with Gasteiger partial charge in [-0.1, -0.05) is 39.0 Å². The summed E-state index contributed by atoms with van der Waals surface area (Å²) >= 11 is 0. The Balaban J connectivity index is 1.96. The van der Waals surface area contributed by atoms with Gasteiger partial charge in [0.15, 0.2) is 0 Å². The molecule has 0 aliphatic rings. The number of hydrogen-bond acceptors (Lipinski definition) is 4. The van der Waals surface area contributed by atoms with Crippen LogP contribution in [0.25, 0.3) is 5.69 Å². The van der Waals surface area contributed by atoms with E-state index in [1.807, 2.05) is 47.1 Å². The molecule has 1 heterocycles. The van der Waals surface area contributed by atoms with Crippen molar-refractivity contribution in [3.63, 3.8) is 0 Å². The van der Waals surface area contributed by atoms with Gasteiger partial charge < -0.3 is 10.1 Å². The van der Waals surface area contributed by atoms with Crippen molar-refractivity contribution in [2.75, 3.05) is 5.32 Å². The molecule has 25 heavy (non-hydrogen) atoms. The standard InChI is InChI=1S/C20H21N3O2/c1-20(2,3)18-13-19(23(22-18)16-7-5-4-6-8-16)21-15-9-11-17(12-10-15)25-14-24/h4-14,21H,1-3H3. The van der Waals surface area contributed by atoms with E-state index in [0.717, 1.165) is 22.9 Å². The number of carbonyl (C=O) groups excluding carboxylic acids is 1. The van der Waals surface area contributed by atoms with Gasteiger partial charge in [0.25, 0.3) is 6.47 Å². The summed E-state index contributed by atoms with van der Waals surface area (Å²) in [6.07, 6.45) is 0. The molecule has 0 amide bonds. The molecule has 3 rings (SSSR count). The van der Waals surface area contributed by atoms with E-state index in [4.69, 9.17) is 9.84 Å². The van der Waals surface area contributed by atoms with Crippen molar-refractivity contribution in [2.45, 2.75) is 26.2 Å². The third-order valence-electron chi connectivity index (χ3n) is 3.79. The van der Waals surface area contributed by atoms with Gasteiger partial charge in [0, 0.05) is 17.2 Å². The van der Waals surface area contributed by atoms with Gasteiger partial charge in [0.05, 0.1) is 11.4 Å². The highest BCUT2D eigenvalue weighted by atomic mass is 16.5. The first kappa shape index (κ1) is 16.8. The molecule has 0 atom stereocenters. The Hall–Kier alpha value is -3.08. The summed E-state index contributed by atoms with van der Waals surface area (Å²) in [7, 11) is 0. The number of para-hydroxylation sites is 1. The highest BCUT2D eigenvalue weighted by Gasteiger charge is 2.20. The molecule has 0 radical (unpaired) electrons. The first-order chi connectivity index (χ1) is 12.0. The van der Waals surface area contributed by atoms with Crippen molar-refractivity contribution < 1.29 is 9.53 Å². The summed E-state index contributed by atoms with van der Waals surface area (Å²) < 4.78 is 6.73. The maximum absolute atomic E-state index is 10.4. The second-order valence-corrected chi connectivity index (χ2v) is 6.78. The number of anilines is 2. The summed E-state index contributed by atoms with van der Waals surface area (Å²) in [5, 5.41) is 8.17. The lowest BCUT2D eigenvalue weighted by Crippen LogP contribution is -2.12. The van der Waals surface area contributed by atoms with E-state index in [0.29, 0.717) is 12.2 Å². The van der Waals surface area contributed by atoms with Crippen molar-refractivity contribution in [1.82, 2.24) is 9.78 Å². The summed E-state index contributed by atoms with van der Waals surface area (Å²) in [6.45, 7) is 6.84. The van der Waals surface area contributed by atoms with Gasteiger partial charge >= 0.3 is 0 Å². The zero-order valence-corrected chi connectivity index (χ0v) is 14.6. The highest BCUT2D eigenvalue weighted by Crippen LogP contribution is 2.28. The molecule has 0 saturated heterocycles. The minimum absolute atomic E-state index is 0.0574. The lowest BCUT2D eigenvalue weighted by atomic mass is 9.92. The monoisotopic (exact) mass is 335 g/mol. The zero-order valence-electron chi connectivity index (χ0n) is 14.6. The van der Waals surface area contributed by atoms with E-state index in [2.05, 4.69) is 32.2 Å². The van der Waals surface area contributed by atoms with Crippen LogP contribution >= 0.6 is 0 Å². The third-order valence-corrected chi connectivity index (χ3v) is 3.79. The Morgan fingerprint density at radius 2 is 1.72 bits per heavy atom. The van der Waals surface area contributed by atoms with Crippen molar-refractivity contribution in [3.8, 4) is 11.4 Å². The predicted molar refractivity (Wildman–Crippen MR) is 98.7 cm³/mol. The van der Waals surface area contributed by atoms with Crippen LogP contribution in [0.5, 0.6) is 5.75 Å². The number of nitrogens with one attached hydrogen (secondary N) is 1. The van der Waals surface area contributed by atoms with E-state index in [-0.39, 0.29) is 5.41 Å². The van der Waals surface area contributed by atoms with Crippen LogP contribution in [-0.4, -0.2) is 16.3 Å². The van der Waals surface area contributed by atoms with Gasteiger partial charge in [-0.3, -0.25) is 4.79 Å². The first-order valence-electron chi connectivity index (χ1n) is 8.11. The Bertz CT molecular complexity index is 847. The molecule has 0 bridgehead atoms. The largest absolute Gasteiger partial charge is 0.429 e. The van der Waals surface area contributed by atoms with Gasteiger partial charge in [-0.05, 0) is 36.4 Å². The lowest BCUT2D eigenvalue weighted by molar-refractivity contribution is -0.120. The minimum atomic E-state index is -0.0574. The number of benzene rings is 2. The van der Waals surface area contributed by atoms with Crippen molar-refractivity contribution in [3.05, 3.63) is 66.4 Å². The Labute approximate surface area is 147 Å². The van der Waals surface area contributed by atoms with Crippen LogP contribution in [0.2, 0.25) is 0 Å². The summed E-state index contributed by atoms with van der Waals surface area (Å²) in [6, 6.07) is 19.3. The average Bonchev–Trinajstić information content (AvgIpc) is 3.02. The van der Waals surface area contributed by atoms with Crippen LogP contribution in [0.4, 0.5) is 11.5 Å². The second-order valence-electron chi connectivity index (χ2n) is 6.78. The molecule has 3 aromatic rings. The molecular weight excluding hydrogens is 314 g/mol. The summed E-state index contributed by atoms with van der Waals surface area (Å²) in [5.74, 6) is 1.38. The molecule has 1 N–H and O–H groups in total. The molecular formula is C20H21N3O2. The summed E-state index contributed by atoms with van der Waals surface area (Å²) in [5.41, 5.74) is 2.81. The predicted octanol–water partition coefficient (Wildman–Crippen LogP) is 4.45. The molecule has 0 aliphatic heterocycles.